The van der Waals surface area contributed by atoms with Crippen molar-refractivity contribution < 1.29 is 19.1 Å². The molecular weight excluding hydrogens is 394 g/mol. The van der Waals surface area contributed by atoms with Gasteiger partial charge >= 0.3 is 6.09 Å². The van der Waals surface area contributed by atoms with Crippen LogP contribution >= 0.6 is 0 Å². The number of amides is 2. The minimum atomic E-state index is -0.733. The monoisotopic (exact) mass is 423 g/mol. The van der Waals surface area contributed by atoms with Crippen LogP contribution in [-0.2, 0) is 16.1 Å². The van der Waals surface area contributed by atoms with Crippen molar-refractivity contribution in [2.24, 2.45) is 5.92 Å². The van der Waals surface area contributed by atoms with E-state index in [-0.39, 0.29) is 31.1 Å². The lowest BCUT2D eigenvalue weighted by Gasteiger charge is -2.24. The molecule has 0 aliphatic carbocycles. The van der Waals surface area contributed by atoms with E-state index < -0.39 is 12.1 Å². The first kappa shape index (κ1) is 23.7. The second-order valence-electron chi connectivity index (χ2n) is 7.78. The van der Waals surface area contributed by atoms with Crippen LogP contribution in [0.4, 0.5) is 4.79 Å². The van der Waals surface area contributed by atoms with Crippen molar-refractivity contribution in [3.63, 3.8) is 0 Å². The summed E-state index contributed by atoms with van der Waals surface area (Å²) in [7, 11) is 0. The van der Waals surface area contributed by atoms with Gasteiger partial charge in [-0.1, -0.05) is 43.7 Å². The first-order valence-electron chi connectivity index (χ1n) is 10.2. The summed E-state index contributed by atoms with van der Waals surface area (Å²) in [6.45, 7) is 7.88. The topological polar surface area (TPSA) is 100 Å². The summed E-state index contributed by atoms with van der Waals surface area (Å²) in [5.41, 5.74) is 2.55. The highest BCUT2D eigenvalue weighted by molar-refractivity contribution is 5.86. The van der Waals surface area contributed by atoms with E-state index in [9.17, 15) is 9.59 Å². The number of ether oxygens (including phenoxy) is 2. The van der Waals surface area contributed by atoms with Gasteiger partial charge in [0.2, 0.25) is 5.91 Å². The van der Waals surface area contributed by atoms with E-state index in [1.165, 1.54) is 0 Å². The van der Waals surface area contributed by atoms with Crippen LogP contribution in [0, 0.1) is 24.2 Å². The van der Waals surface area contributed by atoms with E-state index in [1.807, 2.05) is 58.0 Å². The lowest BCUT2D eigenvalue weighted by Crippen LogP contribution is -2.52. The standard InChI is InChI=1S/C24H29N3O4/c1-16(2)22(27-24(29)31-15-20-7-5-17(3)6-8-20)23(28)26-18(4)14-30-21-11-9-19(13-25)10-12-21/h5-12,16,18,22H,14-15H2,1-4H3,(H,26,28)(H,27,29)/t18?,22-/m0/s1. The lowest BCUT2D eigenvalue weighted by molar-refractivity contribution is -0.124. The maximum Gasteiger partial charge on any atom is 0.408 e. The summed E-state index contributed by atoms with van der Waals surface area (Å²) >= 11 is 0. The lowest BCUT2D eigenvalue weighted by atomic mass is 10.0. The van der Waals surface area contributed by atoms with Crippen molar-refractivity contribution in [2.45, 2.75) is 46.4 Å². The number of hydrogen-bond donors (Lipinski definition) is 2. The van der Waals surface area contributed by atoms with Crippen LogP contribution in [0.5, 0.6) is 5.75 Å². The van der Waals surface area contributed by atoms with Crippen LogP contribution in [0.25, 0.3) is 0 Å². The average Bonchev–Trinajstić information content (AvgIpc) is 2.75. The highest BCUT2D eigenvalue weighted by Gasteiger charge is 2.26. The van der Waals surface area contributed by atoms with Crippen LogP contribution in [0.3, 0.4) is 0 Å². The number of carbonyl (C=O) groups is 2. The van der Waals surface area contributed by atoms with Gasteiger partial charge in [-0.2, -0.15) is 5.26 Å². The molecule has 0 heterocycles. The third-order valence-corrected chi connectivity index (χ3v) is 4.59. The second kappa shape index (κ2) is 11.6. The molecule has 0 bridgehead atoms. The van der Waals surface area contributed by atoms with E-state index in [2.05, 4.69) is 10.6 Å². The highest BCUT2D eigenvalue weighted by atomic mass is 16.5. The molecule has 7 heteroatoms. The van der Waals surface area contributed by atoms with Gasteiger partial charge in [-0.15, -0.1) is 0 Å². The van der Waals surface area contributed by atoms with Crippen LogP contribution in [0.15, 0.2) is 48.5 Å². The van der Waals surface area contributed by atoms with Crippen molar-refractivity contribution in [2.75, 3.05) is 6.61 Å². The number of nitriles is 1. The minimum Gasteiger partial charge on any atom is -0.491 e. The molecule has 164 valence electrons. The quantitative estimate of drug-likeness (QED) is 0.640. The smallest absolute Gasteiger partial charge is 0.408 e. The number of carbonyl (C=O) groups excluding carboxylic acids is 2. The Kier molecular flexibility index (Phi) is 8.89. The van der Waals surface area contributed by atoms with Gasteiger partial charge in [0, 0.05) is 0 Å². The maximum absolute atomic E-state index is 12.7. The van der Waals surface area contributed by atoms with Gasteiger partial charge in [-0.3, -0.25) is 4.79 Å². The first-order chi connectivity index (χ1) is 14.8. The molecule has 0 spiro atoms. The molecule has 1 unspecified atom stereocenters. The molecule has 2 aromatic rings. The van der Waals surface area contributed by atoms with Gasteiger partial charge in [-0.05, 0) is 49.6 Å². The maximum atomic E-state index is 12.7. The number of alkyl carbamates (subject to hydrolysis) is 1. The third kappa shape index (κ3) is 8.01. The summed E-state index contributed by atoms with van der Waals surface area (Å²) in [6, 6.07) is 15.5. The summed E-state index contributed by atoms with van der Waals surface area (Å²) < 4.78 is 10.9. The molecule has 2 rings (SSSR count). The summed E-state index contributed by atoms with van der Waals surface area (Å²) in [5.74, 6) is 0.176. The van der Waals surface area contributed by atoms with Crippen molar-refractivity contribution in [3.05, 3.63) is 65.2 Å². The summed E-state index contributed by atoms with van der Waals surface area (Å²) in [6.07, 6.45) is -0.643. The molecule has 2 aromatic carbocycles. The van der Waals surface area contributed by atoms with Gasteiger partial charge in [0.1, 0.15) is 25.0 Å². The molecule has 0 saturated heterocycles. The van der Waals surface area contributed by atoms with Gasteiger partial charge in [0.25, 0.3) is 0 Å². The van der Waals surface area contributed by atoms with Crippen LogP contribution in [0.2, 0.25) is 0 Å². The average molecular weight is 424 g/mol. The Balaban J connectivity index is 1.82. The van der Waals surface area contributed by atoms with Gasteiger partial charge in [-0.25, -0.2) is 4.79 Å². The Morgan fingerprint density at radius 3 is 2.23 bits per heavy atom. The molecule has 2 amide bonds. The van der Waals surface area contributed by atoms with Crippen molar-refractivity contribution >= 4 is 12.0 Å². The third-order valence-electron chi connectivity index (χ3n) is 4.59. The van der Waals surface area contributed by atoms with E-state index >= 15 is 0 Å². The fourth-order valence-electron chi connectivity index (χ4n) is 2.76. The fourth-order valence-corrected chi connectivity index (χ4v) is 2.76. The Morgan fingerprint density at radius 1 is 1.00 bits per heavy atom. The van der Waals surface area contributed by atoms with Crippen molar-refractivity contribution in [3.8, 4) is 11.8 Å². The number of aryl methyl sites for hydroxylation is 1. The Morgan fingerprint density at radius 2 is 1.65 bits per heavy atom. The van der Waals surface area contributed by atoms with Gasteiger partial charge in [0.05, 0.1) is 17.7 Å². The van der Waals surface area contributed by atoms with Crippen LogP contribution < -0.4 is 15.4 Å². The number of nitrogens with one attached hydrogen (secondary N) is 2. The Bertz CT molecular complexity index is 902. The highest BCUT2D eigenvalue weighted by Crippen LogP contribution is 2.12. The second-order valence-corrected chi connectivity index (χ2v) is 7.78. The summed E-state index contributed by atoms with van der Waals surface area (Å²) in [5, 5.41) is 14.3. The fraction of sp³-hybridized carbons (Fsp3) is 0.375. The minimum absolute atomic E-state index is 0.126. The van der Waals surface area contributed by atoms with Crippen molar-refractivity contribution in [1.82, 2.24) is 10.6 Å². The molecule has 0 aliphatic rings. The predicted octanol–water partition coefficient (Wildman–Crippen LogP) is 3.70. The van der Waals surface area contributed by atoms with E-state index in [0.29, 0.717) is 11.3 Å². The zero-order valence-corrected chi connectivity index (χ0v) is 18.3. The molecule has 7 nitrogen and oxygen atoms in total. The molecule has 0 saturated carbocycles. The zero-order valence-electron chi connectivity index (χ0n) is 18.3. The number of nitrogens with zero attached hydrogens (tertiary/aromatic N) is 1. The molecule has 31 heavy (non-hydrogen) atoms. The summed E-state index contributed by atoms with van der Waals surface area (Å²) in [4.78, 5) is 24.9. The molecule has 0 aliphatic heterocycles. The predicted molar refractivity (Wildman–Crippen MR) is 117 cm³/mol. The Labute approximate surface area is 183 Å². The van der Waals surface area contributed by atoms with Gasteiger partial charge < -0.3 is 20.1 Å². The Hall–Kier alpha value is -3.53. The van der Waals surface area contributed by atoms with Crippen LogP contribution in [0.1, 0.15) is 37.5 Å². The normalized spacial score (nSPS) is 12.4. The van der Waals surface area contributed by atoms with E-state index in [4.69, 9.17) is 14.7 Å². The first-order valence-corrected chi connectivity index (χ1v) is 10.2. The van der Waals surface area contributed by atoms with Crippen molar-refractivity contribution in [1.29, 1.82) is 5.26 Å². The van der Waals surface area contributed by atoms with E-state index in [0.717, 1.165) is 11.1 Å². The number of benzene rings is 2. The number of rotatable bonds is 9. The van der Waals surface area contributed by atoms with E-state index in [1.54, 1.807) is 24.3 Å². The molecule has 0 radical (unpaired) electrons. The largest absolute Gasteiger partial charge is 0.491 e. The molecule has 0 fully saturated rings. The molecular formula is C24H29N3O4. The molecule has 2 atom stereocenters. The SMILES string of the molecule is Cc1ccc(COC(=O)N[C@H](C(=O)NC(C)COc2ccc(C#N)cc2)C(C)C)cc1. The molecule has 2 N–H and O–H groups in total. The van der Waals surface area contributed by atoms with Crippen LogP contribution in [-0.4, -0.2) is 30.7 Å². The number of hydrogen-bond acceptors (Lipinski definition) is 5. The van der Waals surface area contributed by atoms with Gasteiger partial charge in [0.15, 0.2) is 0 Å². The molecule has 0 aromatic heterocycles. The zero-order chi connectivity index (χ0) is 22.8.